The molecule has 0 radical (unpaired) electrons. The second kappa shape index (κ2) is 20.3. The molecule has 172 valence electrons. The van der Waals surface area contributed by atoms with Crippen LogP contribution in [0.15, 0.2) is 0 Å². The molecular formula is C22H43NO6. The van der Waals surface area contributed by atoms with Gasteiger partial charge >= 0.3 is 0 Å². The molecule has 0 aromatic rings. The molecule has 0 bridgehead atoms. The lowest BCUT2D eigenvalue weighted by molar-refractivity contribution is -0.199. The van der Waals surface area contributed by atoms with Crippen molar-refractivity contribution in [3.8, 4) is 0 Å². The summed E-state index contributed by atoms with van der Waals surface area (Å²) in [6.07, 6.45) is 7.02. The average molecular weight is 418 g/mol. The van der Waals surface area contributed by atoms with Crippen LogP contribution in [0.1, 0.15) is 79.1 Å². The van der Waals surface area contributed by atoms with Gasteiger partial charge < -0.3 is 19.0 Å². The summed E-state index contributed by atoms with van der Waals surface area (Å²) < 4.78 is 17.9. The molecule has 1 amide bonds. The van der Waals surface area contributed by atoms with E-state index in [1.807, 2.05) is 0 Å². The van der Waals surface area contributed by atoms with Gasteiger partial charge in [0.2, 0.25) is 6.41 Å². The smallest absolute Gasteiger partial charge is 0.233 e. The minimum Gasteiger partial charge on any atom is -0.373 e. The first kappa shape index (κ1) is 28.0. The van der Waals surface area contributed by atoms with Crippen LogP contribution in [0.3, 0.4) is 0 Å². The van der Waals surface area contributed by atoms with Gasteiger partial charge in [0.25, 0.3) is 0 Å². The first-order valence-electron chi connectivity index (χ1n) is 11.3. The number of hydrogen-bond donors (Lipinski definition) is 0. The molecule has 0 aromatic carbocycles. The van der Waals surface area contributed by atoms with Crippen molar-refractivity contribution >= 4 is 12.7 Å². The summed E-state index contributed by atoms with van der Waals surface area (Å²) >= 11 is 0. The number of amides is 1. The van der Waals surface area contributed by atoms with Crippen LogP contribution in [0.5, 0.6) is 0 Å². The van der Waals surface area contributed by atoms with E-state index in [4.69, 9.17) is 19.0 Å². The van der Waals surface area contributed by atoms with Gasteiger partial charge in [0, 0.05) is 19.8 Å². The van der Waals surface area contributed by atoms with E-state index in [1.54, 1.807) is 0 Å². The van der Waals surface area contributed by atoms with E-state index in [-0.39, 0.29) is 6.54 Å². The molecule has 3 atom stereocenters. The van der Waals surface area contributed by atoms with Crippen molar-refractivity contribution in [3.63, 3.8) is 0 Å². The monoisotopic (exact) mass is 417 g/mol. The summed E-state index contributed by atoms with van der Waals surface area (Å²) in [6.45, 7) is 10.5. The molecule has 0 rings (SSSR count). The Morgan fingerprint density at radius 1 is 0.724 bits per heavy atom. The van der Waals surface area contributed by atoms with E-state index in [0.717, 1.165) is 57.7 Å². The van der Waals surface area contributed by atoms with Crippen molar-refractivity contribution in [1.82, 2.24) is 5.06 Å². The van der Waals surface area contributed by atoms with E-state index in [2.05, 4.69) is 27.7 Å². The number of carbonyl (C=O) groups excluding carboxylic acids is 2. The number of hydroxylamine groups is 2. The fourth-order valence-electron chi connectivity index (χ4n) is 2.61. The quantitative estimate of drug-likeness (QED) is 0.151. The topological polar surface area (TPSA) is 74.3 Å². The molecule has 0 aliphatic rings. The minimum absolute atomic E-state index is 0.190. The summed E-state index contributed by atoms with van der Waals surface area (Å²) in [6, 6.07) is 0. The molecule has 0 aliphatic carbocycles. The number of ether oxygens (including phenoxy) is 3. The van der Waals surface area contributed by atoms with Gasteiger partial charge in [-0.25, -0.2) is 5.06 Å². The fourth-order valence-corrected chi connectivity index (χ4v) is 2.61. The highest BCUT2D eigenvalue weighted by atomic mass is 16.7. The SMILES string of the molecule is CCCCO[C@@H]([C@H](CN(C=O)OCCCC)OCCCC)[C@@H](C=O)OCCCC. The number of hydrogen-bond acceptors (Lipinski definition) is 6. The molecule has 0 saturated carbocycles. The Morgan fingerprint density at radius 3 is 1.76 bits per heavy atom. The van der Waals surface area contributed by atoms with Crippen molar-refractivity contribution in [2.45, 2.75) is 97.4 Å². The van der Waals surface area contributed by atoms with Crippen LogP contribution in [0, 0.1) is 0 Å². The number of unbranched alkanes of at least 4 members (excludes halogenated alkanes) is 4. The predicted octanol–water partition coefficient (Wildman–Crippen LogP) is 3.93. The molecular weight excluding hydrogens is 374 g/mol. The number of rotatable bonds is 22. The van der Waals surface area contributed by atoms with Gasteiger partial charge in [0.1, 0.15) is 18.3 Å². The van der Waals surface area contributed by atoms with Crippen molar-refractivity contribution in [2.75, 3.05) is 33.0 Å². The van der Waals surface area contributed by atoms with E-state index in [9.17, 15) is 9.59 Å². The second-order valence-electron chi connectivity index (χ2n) is 7.17. The highest BCUT2D eigenvalue weighted by Gasteiger charge is 2.33. The van der Waals surface area contributed by atoms with Gasteiger partial charge in [-0.1, -0.05) is 53.4 Å². The van der Waals surface area contributed by atoms with Crippen molar-refractivity contribution < 1.29 is 28.6 Å². The van der Waals surface area contributed by atoms with Crippen LogP contribution in [0.25, 0.3) is 0 Å². The summed E-state index contributed by atoms with van der Waals surface area (Å²) in [5.41, 5.74) is 0. The lowest BCUT2D eigenvalue weighted by Gasteiger charge is -2.33. The Hall–Kier alpha value is -1.02. The zero-order valence-corrected chi connectivity index (χ0v) is 19.0. The van der Waals surface area contributed by atoms with E-state index in [0.29, 0.717) is 32.8 Å². The lowest BCUT2D eigenvalue weighted by Crippen LogP contribution is -2.49. The molecule has 7 heteroatoms. The van der Waals surface area contributed by atoms with Crippen molar-refractivity contribution in [3.05, 3.63) is 0 Å². The first-order chi connectivity index (χ1) is 14.2. The third kappa shape index (κ3) is 13.8. The molecule has 0 unspecified atom stereocenters. The molecule has 0 spiro atoms. The molecule has 0 fully saturated rings. The van der Waals surface area contributed by atoms with Gasteiger partial charge in [-0.05, 0) is 25.7 Å². The molecule has 0 saturated heterocycles. The number of carbonyl (C=O) groups is 2. The Labute approximate surface area is 177 Å². The van der Waals surface area contributed by atoms with Crippen LogP contribution < -0.4 is 0 Å². The maximum atomic E-state index is 11.8. The zero-order chi connectivity index (χ0) is 21.7. The molecule has 29 heavy (non-hydrogen) atoms. The third-order valence-corrected chi connectivity index (χ3v) is 4.50. The maximum absolute atomic E-state index is 11.8. The Bertz CT molecular complexity index is 382. The van der Waals surface area contributed by atoms with Gasteiger partial charge in [-0.15, -0.1) is 0 Å². The largest absolute Gasteiger partial charge is 0.373 e. The summed E-state index contributed by atoms with van der Waals surface area (Å²) in [5.74, 6) is 0. The summed E-state index contributed by atoms with van der Waals surface area (Å²) in [5, 5.41) is 1.25. The van der Waals surface area contributed by atoms with Gasteiger partial charge in [-0.2, -0.15) is 0 Å². The average Bonchev–Trinajstić information content (AvgIpc) is 2.73. The third-order valence-electron chi connectivity index (χ3n) is 4.50. The predicted molar refractivity (Wildman–Crippen MR) is 114 cm³/mol. The summed E-state index contributed by atoms with van der Waals surface area (Å²) in [4.78, 5) is 28.9. The highest BCUT2D eigenvalue weighted by Crippen LogP contribution is 2.15. The van der Waals surface area contributed by atoms with E-state index >= 15 is 0 Å². The molecule has 0 heterocycles. The minimum atomic E-state index is -0.742. The van der Waals surface area contributed by atoms with Gasteiger partial charge in [0.05, 0.1) is 13.2 Å². The molecule has 0 aliphatic heterocycles. The highest BCUT2D eigenvalue weighted by molar-refractivity contribution is 5.57. The van der Waals surface area contributed by atoms with Crippen LogP contribution in [0.4, 0.5) is 0 Å². The Morgan fingerprint density at radius 2 is 1.24 bits per heavy atom. The Balaban J connectivity index is 5.29. The molecule has 0 aromatic heterocycles. The van der Waals surface area contributed by atoms with E-state index < -0.39 is 18.3 Å². The lowest BCUT2D eigenvalue weighted by atomic mass is 10.1. The van der Waals surface area contributed by atoms with Crippen molar-refractivity contribution in [2.24, 2.45) is 0 Å². The standard InChI is InChI=1S/C22H43NO6/c1-5-9-13-26-20(17-23(19-25)29-16-12-8-4)22(28-15-11-7-3)21(18-24)27-14-10-6-2/h18-22H,5-17H2,1-4H3/t20-,21+,22-/m0/s1. The number of aldehydes is 1. The van der Waals surface area contributed by atoms with Crippen molar-refractivity contribution in [1.29, 1.82) is 0 Å². The maximum Gasteiger partial charge on any atom is 0.233 e. The van der Waals surface area contributed by atoms with Crippen LogP contribution >= 0.6 is 0 Å². The summed E-state index contributed by atoms with van der Waals surface area (Å²) in [7, 11) is 0. The second-order valence-corrected chi connectivity index (χ2v) is 7.17. The van der Waals surface area contributed by atoms with Crippen LogP contribution in [-0.2, 0) is 28.6 Å². The van der Waals surface area contributed by atoms with Gasteiger partial charge in [-0.3, -0.25) is 9.63 Å². The zero-order valence-electron chi connectivity index (χ0n) is 19.0. The number of nitrogens with zero attached hydrogens (tertiary/aromatic N) is 1. The molecule has 7 nitrogen and oxygen atoms in total. The van der Waals surface area contributed by atoms with Crippen LogP contribution in [0.2, 0.25) is 0 Å². The Kier molecular flexibility index (Phi) is 19.5. The molecule has 0 N–H and O–H groups in total. The fraction of sp³-hybridized carbons (Fsp3) is 0.909. The van der Waals surface area contributed by atoms with E-state index in [1.165, 1.54) is 5.06 Å². The normalized spacial score (nSPS) is 14.3. The van der Waals surface area contributed by atoms with Gasteiger partial charge in [0.15, 0.2) is 6.29 Å². The van der Waals surface area contributed by atoms with Crippen LogP contribution in [-0.4, -0.2) is 69.0 Å². The first-order valence-corrected chi connectivity index (χ1v) is 11.3.